The summed E-state index contributed by atoms with van der Waals surface area (Å²) in [6.07, 6.45) is 4.25. The van der Waals surface area contributed by atoms with Crippen molar-refractivity contribution in [1.29, 1.82) is 0 Å². The molecule has 1 saturated carbocycles. The number of carboxylic acids is 1. The lowest BCUT2D eigenvalue weighted by atomic mass is 9.90. The molecule has 58 heavy (non-hydrogen) atoms. The number of amides is 1. The van der Waals surface area contributed by atoms with Crippen LogP contribution >= 0.6 is 22.7 Å². The van der Waals surface area contributed by atoms with Gasteiger partial charge in [0, 0.05) is 25.7 Å². The van der Waals surface area contributed by atoms with Crippen LogP contribution in [-0.2, 0) is 37.4 Å². The zero-order valence-electron chi connectivity index (χ0n) is 34.2. The van der Waals surface area contributed by atoms with Gasteiger partial charge in [-0.25, -0.2) is 9.59 Å². The molecule has 5 aromatic rings. The molecule has 12 nitrogen and oxygen atoms in total. The van der Waals surface area contributed by atoms with E-state index in [1.807, 2.05) is 63.9 Å². The molecule has 0 radical (unpaired) electrons. The number of phenolic OH excluding ortho intramolecular Hbond substituents is 1. The molecule has 1 amide bonds. The SMILES string of the molecule is CN(CCCn1c(=O)[nH]c2cc(CNC[C@H](O[Si](C)(C)C(C)(C)C)c3ccc(O)c(NC=O)c3)ccc21)C1CCC(OC(C(=O)O)(c2cccs2)c2cccs2)CC1. The van der Waals surface area contributed by atoms with Gasteiger partial charge in [0.1, 0.15) is 5.75 Å². The summed E-state index contributed by atoms with van der Waals surface area (Å²) >= 11 is 2.82. The van der Waals surface area contributed by atoms with Gasteiger partial charge >= 0.3 is 11.7 Å². The lowest BCUT2D eigenvalue weighted by Gasteiger charge is -2.39. The van der Waals surface area contributed by atoms with Crippen molar-refractivity contribution in [2.45, 2.75) is 108 Å². The predicted molar refractivity (Wildman–Crippen MR) is 235 cm³/mol. The monoisotopic (exact) mass is 847 g/mol. The Kier molecular flexibility index (Phi) is 13.8. The second kappa shape index (κ2) is 18.4. The topological polar surface area (TPSA) is 158 Å². The Morgan fingerprint density at radius 1 is 1.05 bits per heavy atom. The number of hydrogen-bond donors (Lipinski definition) is 5. The van der Waals surface area contributed by atoms with Gasteiger partial charge in [-0.1, -0.05) is 45.0 Å². The molecule has 15 heteroatoms. The number of benzene rings is 2. The first-order valence-electron chi connectivity index (χ1n) is 20.0. The van der Waals surface area contributed by atoms with E-state index in [-0.39, 0.29) is 28.7 Å². The third-order valence-corrected chi connectivity index (χ3v) is 18.3. The highest BCUT2D eigenvalue weighted by molar-refractivity contribution is 7.12. The van der Waals surface area contributed by atoms with Crippen LogP contribution < -0.4 is 16.3 Å². The maximum absolute atomic E-state index is 13.1. The number of rotatable bonds is 19. The standard InChI is InChI=1S/C43H57N5O7S2Si/c1-42(2,3)58(5,6)55-37(30-13-19-36(50)34(25-30)45-28-49)27-44-26-29-12-18-35-33(24-29)46-41(53)48(35)21-9-20-47(4)31-14-16-32(17-15-31)54-43(40(51)52,38-10-7-22-56-38)39-11-8-23-57-39/h7-8,10-13,18-19,22-25,28,31-32,37,44,50H,9,14-17,20-21,26-27H2,1-6H3,(H,45,49)(H,46,53)(H,51,52)/t31?,32?,37-/m0/s1. The molecule has 5 N–H and O–H groups in total. The van der Waals surface area contributed by atoms with Crippen LogP contribution in [0.4, 0.5) is 5.69 Å². The first-order valence-corrected chi connectivity index (χ1v) is 24.6. The zero-order valence-corrected chi connectivity index (χ0v) is 36.9. The smallest absolute Gasteiger partial charge is 0.347 e. The van der Waals surface area contributed by atoms with E-state index in [2.05, 4.69) is 61.4 Å². The molecule has 1 atom stereocenters. The fraction of sp³-hybridized carbons (Fsp3) is 0.465. The normalized spacial score (nSPS) is 17.2. The molecule has 1 aliphatic rings. The van der Waals surface area contributed by atoms with E-state index in [0.29, 0.717) is 47.5 Å². The molecule has 1 fully saturated rings. The van der Waals surface area contributed by atoms with E-state index in [1.165, 1.54) is 22.7 Å². The number of aryl methyl sites for hydroxylation is 1. The number of thiophene rings is 2. The molecule has 1 aliphatic carbocycles. The van der Waals surface area contributed by atoms with Crippen molar-refractivity contribution >= 4 is 60.1 Å². The molecule has 3 heterocycles. The number of carboxylic acid groups (broad SMARTS) is 1. The van der Waals surface area contributed by atoms with E-state index in [0.717, 1.165) is 60.8 Å². The quantitative estimate of drug-likeness (QED) is 0.0314. The summed E-state index contributed by atoms with van der Waals surface area (Å²) in [6.45, 7) is 13.4. The van der Waals surface area contributed by atoms with Gasteiger partial charge in [-0.3, -0.25) is 9.36 Å². The summed E-state index contributed by atoms with van der Waals surface area (Å²) in [6, 6.07) is 19.0. The Balaban J connectivity index is 1.03. The molecule has 312 valence electrons. The van der Waals surface area contributed by atoms with E-state index in [4.69, 9.17) is 9.16 Å². The number of nitrogens with zero attached hydrogens (tertiary/aromatic N) is 2. The maximum atomic E-state index is 13.1. The third kappa shape index (κ3) is 9.68. The van der Waals surface area contributed by atoms with Gasteiger partial charge in [0.2, 0.25) is 12.0 Å². The van der Waals surface area contributed by atoms with Crippen molar-refractivity contribution in [2.24, 2.45) is 0 Å². The Hall–Kier alpha value is -4.09. The molecular weight excluding hydrogens is 791 g/mol. The van der Waals surface area contributed by atoms with Crippen molar-refractivity contribution in [1.82, 2.24) is 19.8 Å². The molecule has 0 aliphatic heterocycles. The molecule has 0 saturated heterocycles. The van der Waals surface area contributed by atoms with Crippen molar-refractivity contribution in [3.05, 3.63) is 103 Å². The first-order chi connectivity index (χ1) is 27.6. The number of H-pyrrole nitrogens is 1. The number of aromatic amines is 1. The van der Waals surface area contributed by atoms with E-state index >= 15 is 0 Å². The van der Waals surface area contributed by atoms with Crippen molar-refractivity contribution in [2.75, 3.05) is 25.5 Å². The minimum Gasteiger partial charge on any atom is -0.506 e. The number of anilines is 1. The van der Waals surface area contributed by atoms with Gasteiger partial charge in [0.05, 0.1) is 38.7 Å². The number of hydrogen-bond acceptors (Lipinski definition) is 10. The number of fused-ring (bicyclic) bond motifs is 1. The van der Waals surface area contributed by atoms with Crippen molar-refractivity contribution in [3.8, 4) is 5.75 Å². The second-order valence-electron chi connectivity index (χ2n) is 16.8. The Morgan fingerprint density at radius 2 is 1.74 bits per heavy atom. The summed E-state index contributed by atoms with van der Waals surface area (Å²) in [7, 11) is -0.0585. The average Bonchev–Trinajstić information content (AvgIpc) is 3.97. The van der Waals surface area contributed by atoms with E-state index in [9.17, 15) is 24.6 Å². The lowest BCUT2D eigenvalue weighted by molar-refractivity contribution is -0.170. The summed E-state index contributed by atoms with van der Waals surface area (Å²) in [5, 5.41) is 30.6. The molecular formula is C43H57N5O7S2Si. The summed E-state index contributed by atoms with van der Waals surface area (Å²) in [4.78, 5) is 43.9. The Bertz CT molecular complexity index is 2150. The fourth-order valence-corrected chi connectivity index (χ4v) is 10.6. The van der Waals surface area contributed by atoms with Crippen LogP contribution in [0.2, 0.25) is 18.1 Å². The number of carbonyl (C=O) groups excluding carboxylic acids is 1. The summed E-state index contributed by atoms with van der Waals surface area (Å²) < 4.78 is 15.2. The first kappa shape index (κ1) is 43.5. The summed E-state index contributed by atoms with van der Waals surface area (Å²) in [5.74, 6) is -0.989. The predicted octanol–water partition coefficient (Wildman–Crippen LogP) is 8.26. The van der Waals surface area contributed by atoms with E-state index < -0.39 is 19.9 Å². The number of ether oxygens (including phenoxy) is 1. The number of aliphatic carboxylic acids is 1. The average molecular weight is 848 g/mol. The lowest BCUT2D eigenvalue weighted by Crippen LogP contribution is -2.44. The molecule has 0 bridgehead atoms. The minimum absolute atomic E-state index is 0.00744. The number of nitrogens with one attached hydrogen (secondary N) is 3. The number of aromatic nitrogens is 2. The molecule has 6 rings (SSSR count). The largest absolute Gasteiger partial charge is 0.506 e. The Morgan fingerprint density at radius 3 is 2.34 bits per heavy atom. The van der Waals surface area contributed by atoms with E-state index in [1.54, 1.807) is 12.1 Å². The highest BCUT2D eigenvalue weighted by atomic mass is 32.1. The van der Waals surface area contributed by atoms with Crippen molar-refractivity contribution in [3.63, 3.8) is 0 Å². The molecule has 0 spiro atoms. The summed E-state index contributed by atoms with van der Waals surface area (Å²) in [5.41, 5.74) is 2.24. The maximum Gasteiger partial charge on any atom is 0.347 e. The van der Waals surface area contributed by atoms with Gasteiger partial charge in [-0.05, 0) is 122 Å². The Labute approximate surface area is 349 Å². The van der Waals surface area contributed by atoms with Crippen LogP contribution in [0.1, 0.15) is 79.9 Å². The molecule has 0 unspecified atom stereocenters. The van der Waals surface area contributed by atoms with Crippen molar-refractivity contribution < 1.29 is 29.0 Å². The van der Waals surface area contributed by atoms with Crippen LogP contribution in [-0.4, -0.2) is 77.6 Å². The van der Waals surface area contributed by atoms with Crippen LogP contribution in [0, 0.1) is 0 Å². The van der Waals surface area contributed by atoms with Crippen LogP contribution in [0.15, 0.2) is 76.2 Å². The number of carbonyl (C=O) groups is 2. The van der Waals surface area contributed by atoms with Crippen LogP contribution in [0.5, 0.6) is 5.75 Å². The van der Waals surface area contributed by atoms with Crippen LogP contribution in [0.25, 0.3) is 11.0 Å². The fourth-order valence-electron chi connectivity index (χ4n) is 7.55. The number of imidazole rings is 1. The number of aromatic hydroxyl groups is 1. The van der Waals surface area contributed by atoms with Gasteiger partial charge in [0.15, 0.2) is 8.32 Å². The van der Waals surface area contributed by atoms with Gasteiger partial charge < -0.3 is 39.9 Å². The third-order valence-electron chi connectivity index (χ3n) is 11.9. The second-order valence-corrected chi connectivity index (χ2v) is 23.4. The van der Waals surface area contributed by atoms with Gasteiger partial charge in [0.25, 0.3) is 0 Å². The van der Waals surface area contributed by atoms with Gasteiger partial charge in [-0.2, -0.15) is 0 Å². The molecule has 2 aromatic carbocycles. The number of phenols is 1. The zero-order chi connectivity index (χ0) is 41.7. The highest BCUT2D eigenvalue weighted by Crippen LogP contribution is 2.43. The molecule has 3 aromatic heterocycles. The highest BCUT2D eigenvalue weighted by Gasteiger charge is 2.48. The van der Waals surface area contributed by atoms with Gasteiger partial charge in [-0.15, -0.1) is 22.7 Å². The van der Waals surface area contributed by atoms with Crippen LogP contribution in [0.3, 0.4) is 0 Å². The minimum atomic E-state index is -2.19.